The van der Waals surface area contributed by atoms with E-state index < -0.39 is 11.9 Å². The van der Waals surface area contributed by atoms with Crippen molar-refractivity contribution in [3.63, 3.8) is 0 Å². The highest BCUT2D eigenvalue weighted by Crippen LogP contribution is 2.32. The van der Waals surface area contributed by atoms with Gasteiger partial charge in [-0.15, -0.1) is 11.3 Å². The van der Waals surface area contributed by atoms with Crippen molar-refractivity contribution in [2.75, 3.05) is 18.5 Å². The van der Waals surface area contributed by atoms with Gasteiger partial charge in [0.15, 0.2) is 5.65 Å². The number of anilines is 1. The fraction of sp³-hybridized carbons (Fsp3) is 0.250. The van der Waals surface area contributed by atoms with E-state index in [2.05, 4.69) is 26.4 Å². The van der Waals surface area contributed by atoms with E-state index in [-0.39, 0.29) is 24.8 Å². The molecule has 2 fully saturated rings. The summed E-state index contributed by atoms with van der Waals surface area (Å²) in [6.45, 7) is 0.0556. The molecule has 164 valence electrons. The number of nitrogens with one attached hydrogen (secondary N) is 4. The van der Waals surface area contributed by atoms with Gasteiger partial charge in [0.1, 0.15) is 11.5 Å². The molecule has 0 atom stereocenters. The molecule has 1 saturated heterocycles. The van der Waals surface area contributed by atoms with Crippen molar-refractivity contribution in [2.45, 2.75) is 18.9 Å². The number of fused-ring (bicyclic) bond motifs is 1. The Balaban J connectivity index is 1.55. The number of hydrogen-bond acceptors (Lipinski definition) is 8. The molecule has 3 aromatic heterocycles. The summed E-state index contributed by atoms with van der Waals surface area (Å²) in [6.07, 6.45) is 5.25. The van der Waals surface area contributed by atoms with Crippen molar-refractivity contribution in [3.05, 3.63) is 40.5 Å². The van der Waals surface area contributed by atoms with Crippen LogP contribution in [0.2, 0.25) is 0 Å². The summed E-state index contributed by atoms with van der Waals surface area (Å²) < 4.78 is 1.66. The number of hydrogen-bond donors (Lipinski definition) is 5. The van der Waals surface area contributed by atoms with E-state index >= 15 is 0 Å². The van der Waals surface area contributed by atoms with Crippen LogP contribution < -0.4 is 21.3 Å². The molecule has 5 rings (SSSR count). The molecule has 12 heteroatoms. The number of thiophene rings is 1. The number of aliphatic hydroxyl groups excluding tert-OH is 1. The predicted octanol–water partition coefficient (Wildman–Crippen LogP) is 0.934. The first kappa shape index (κ1) is 20.2. The molecular weight excluding hydrogens is 434 g/mol. The van der Waals surface area contributed by atoms with E-state index in [0.717, 1.165) is 23.5 Å². The highest BCUT2D eigenvalue weighted by Gasteiger charge is 2.25. The minimum absolute atomic E-state index is 0.118. The van der Waals surface area contributed by atoms with Gasteiger partial charge in [0.2, 0.25) is 0 Å². The fourth-order valence-corrected chi connectivity index (χ4v) is 4.12. The van der Waals surface area contributed by atoms with Gasteiger partial charge in [0.05, 0.1) is 28.3 Å². The van der Waals surface area contributed by atoms with Crippen LogP contribution in [0.1, 0.15) is 28.1 Å². The van der Waals surface area contributed by atoms with Gasteiger partial charge in [-0.3, -0.25) is 14.9 Å². The molecular formula is C20H19N7O4S. The molecule has 0 bridgehead atoms. The van der Waals surface area contributed by atoms with Crippen molar-refractivity contribution >= 4 is 46.7 Å². The number of rotatable bonds is 7. The van der Waals surface area contributed by atoms with E-state index in [9.17, 15) is 14.4 Å². The first-order chi connectivity index (χ1) is 15.5. The van der Waals surface area contributed by atoms with E-state index in [1.165, 1.54) is 17.4 Å². The molecule has 0 spiro atoms. The largest absolute Gasteiger partial charge is 0.395 e. The second-order valence-corrected chi connectivity index (χ2v) is 8.47. The molecule has 0 aromatic carbocycles. The Morgan fingerprint density at radius 1 is 1.31 bits per heavy atom. The van der Waals surface area contributed by atoms with Crippen molar-refractivity contribution in [2.24, 2.45) is 0 Å². The van der Waals surface area contributed by atoms with Crippen molar-refractivity contribution in [1.82, 2.24) is 30.5 Å². The van der Waals surface area contributed by atoms with Crippen molar-refractivity contribution < 1.29 is 19.5 Å². The Morgan fingerprint density at radius 3 is 2.88 bits per heavy atom. The Morgan fingerprint density at radius 2 is 2.16 bits per heavy atom. The SMILES string of the molecule is O=C1NC(=O)/C(=C/c2cnn3c(NC4CC4)cc(-c4ccc(C(=O)NCCO)s4)nc23)N1. The van der Waals surface area contributed by atoms with Crippen molar-refractivity contribution in [3.8, 4) is 10.6 Å². The summed E-state index contributed by atoms with van der Waals surface area (Å²) >= 11 is 1.29. The molecule has 1 aliphatic carbocycles. The van der Waals surface area contributed by atoms with Crippen LogP contribution in [0.3, 0.4) is 0 Å². The smallest absolute Gasteiger partial charge is 0.326 e. The van der Waals surface area contributed by atoms with Crippen LogP contribution in [0.5, 0.6) is 0 Å². The summed E-state index contributed by atoms with van der Waals surface area (Å²) in [7, 11) is 0. The molecule has 4 heterocycles. The first-order valence-electron chi connectivity index (χ1n) is 10.0. The number of carbonyl (C=O) groups excluding carboxylic acids is 3. The number of nitrogens with zero attached hydrogens (tertiary/aromatic N) is 3. The lowest BCUT2D eigenvalue weighted by Crippen LogP contribution is -2.25. The van der Waals surface area contributed by atoms with E-state index in [0.29, 0.717) is 27.8 Å². The monoisotopic (exact) mass is 453 g/mol. The highest BCUT2D eigenvalue weighted by atomic mass is 32.1. The number of imide groups is 1. The van der Waals surface area contributed by atoms with Crippen LogP contribution in [-0.2, 0) is 4.79 Å². The molecule has 2 aliphatic rings. The standard InChI is InChI=1S/C20H19N7O4S/c28-6-5-21-19(30)15-4-3-14(32-15)12-8-16(23-11-1-2-11)27-17(24-12)10(9-22-27)7-13-18(29)26-20(31)25-13/h3-4,7-9,11,23,28H,1-2,5-6H2,(H,21,30)(H2,25,26,29,31)/b13-7-. The van der Waals surface area contributed by atoms with Gasteiger partial charge in [-0.1, -0.05) is 0 Å². The van der Waals surface area contributed by atoms with Gasteiger partial charge < -0.3 is 21.1 Å². The Bertz CT molecular complexity index is 1270. The third-order valence-corrected chi connectivity index (χ3v) is 6.03. The van der Waals surface area contributed by atoms with Crippen LogP contribution >= 0.6 is 11.3 Å². The average Bonchev–Trinajstić information content (AvgIpc) is 3.16. The molecule has 0 unspecified atom stereocenters. The average molecular weight is 453 g/mol. The third-order valence-electron chi connectivity index (χ3n) is 4.93. The molecule has 4 amide bonds. The maximum absolute atomic E-state index is 12.2. The quantitative estimate of drug-likeness (QED) is 0.264. The van der Waals surface area contributed by atoms with Gasteiger partial charge in [-0.25, -0.2) is 9.78 Å². The van der Waals surface area contributed by atoms with E-state index in [1.54, 1.807) is 16.8 Å². The maximum atomic E-state index is 12.2. The lowest BCUT2D eigenvalue weighted by molar-refractivity contribution is -0.115. The van der Waals surface area contributed by atoms with Crippen LogP contribution in [0.4, 0.5) is 10.6 Å². The second kappa shape index (κ2) is 8.05. The Kier molecular flexibility index (Phi) is 5.07. The lowest BCUT2D eigenvalue weighted by atomic mass is 10.2. The highest BCUT2D eigenvalue weighted by molar-refractivity contribution is 7.17. The topological polar surface area (TPSA) is 150 Å². The molecule has 1 saturated carbocycles. The lowest BCUT2D eigenvalue weighted by Gasteiger charge is -2.09. The number of urea groups is 1. The van der Waals surface area contributed by atoms with Crippen molar-refractivity contribution in [1.29, 1.82) is 0 Å². The summed E-state index contributed by atoms with van der Waals surface area (Å²) in [5.74, 6) is -0.0270. The van der Waals surface area contributed by atoms with Gasteiger partial charge >= 0.3 is 6.03 Å². The van der Waals surface area contributed by atoms with Crippen LogP contribution in [0.25, 0.3) is 22.3 Å². The minimum Gasteiger partial charge on any atom is -0.395 e. The van der Waals surface area contributed by atoms with Gasteiger partial charge in [0, 0.05) is 24.2 Å². The maximum Gasteiger partial charge on any atom is 0.326 e. The molecule has 1 aliphatic heterocycles. The van der Waals surface area contributed by atoms with Gasteiger partial charge in [-0.05, 0) is 31.1 Å². The molecule has 11 nitrogen and oxygen atoms in total. The molecule has 0 radical (unpaired) electrons. The minimum atomic E-state index is -0.576. The third kappa shape index (κ3) is 3.92. The summed E-state index contributed by atoms with van der Waals surface area (Å²) in [4.78, 5) is 41.6. The predicted molar refractivity (Wildman–Crippen MR) is 117 cm³/mol. The van der Waals surface area contributed by atoms with E-state index in [1.807, 2.05) is 12.1 Å². The zero-order chi connectivity index (χ0) is 22.2. The summed E-state index contributed by atoms with van der Waals surface area (Å²) in [5, 5.41) is 24.0. The van der Waals surface area contributed by atoms with Crippen LogP contribution in [0.15, 0.2) is 30.1 Å². The molecule has 32 heavy (non-hydrogen) atoms. The second-order valence-electron chi connectivity index (χ2n) is 7.39. The number of amides is 4. The molecule has 5 N–H and O–H groups in total. The summed E-state index contributed by atoms with van der Waals surface area (Å²) in [5.41, 5.74) is 1.84. The van der Waals surface area contributed by atoms with E-state index in [4.69, 9.17) is 10.1 Å². The summed E-state index contributed by atoms with van der Waals surface area (Å²) in [6, 6.07) is 5.19. The number of carbonyl (C=O) groups is 3. The Hall–Kier alpha value is -3.77. The fourth-order valence-electron chi connectivity index (χ4n) is 3.24. The zero-order valence-electron chi connectivity index (χ0n) is 16.7. The number of aromatic nitrogens is 3. The normalized spacial score (nSPS) is 17.0. The molecule has 3 aromatic rings. The van der Waals surface area contributed by atoms with Gasteiger partial charge in [-0.2, -0.15) is 9.61 Å². The zero-order valence-corrected chi connectivity index (χ0v) is 17.5. The first-order valence-corrected chi connectivity index (χ1v) is 10.8. The van der Waals surface area contributed by atoms with Crippen LogP contribution in [0, 0.1) is 0 Å². The van der Waals surface area contributed by atoms with Gasteiger partial charge in [0.25, 0.3) is 11.8 Å². The van der Waals surface area contributed by atoms with Crippen LogP contribution in [-0.4, -0.2) is 56.7 Å². The Labute approximate surface area is 185 Å². The number of aliphatic hydroxyl groups is 1.